The third-order valence-electron chi connectivity index (χ3n) is 3.71. The number of ether oxygens (including phenoxy) is 1. The minimum atomic E-state index is 0.00687. The average molecular weight is 302 g/mol. The number of carbonyl (C=O) groups is 1. The van der Waals surface area contributed by atoms with Crippen LogP contribution in [0.25, 0.3) is 0 Å². The van der Waals surface area contributed by atoms with Gasteiger partial charge in [0.15, 0.2) is 5.78 Å². The third-order valence-corrected chi connectivity index (χ3v) is 3.93. The van der Waals surface area contributed by atoms with Gasteiger partial charge in [0.25, 0.3) is 0 Å². The Balaban J connectivity index is 1.92. The van der Waals surface area contributed by atoms with E-state index in [2.05, 4.69) is 4.98 Å². The summed E-state index contributed by atoms with van der Waals surface area (Å²) in [5.74, 6) is 0.828. The van der Waals surface area contributed by atoms with E-state index in [9.17, 15) is 4.79 Å². The molecule has 0 aliphatic carbocycles. The molecule has 4 heteroatoms. The smallest absolute Gasteiger partial charge is 0.185 e. The Kier molecular flexibility index (Phi) is 3.93. The molecule has 2 heterocycles. The number of Topliss-reactive ketones (excluding diaryl/α,β-unsaturated/α-hetero) is 1. The van der Waals surface area contributed by atoms with Gasteiger partial charge in [-0.05, 0) is 35.7 Å². The van der Waals surface area contributed by atoms with Gasteiger partial charge in [0, 0.05) is 29.6 Å². The van der Waals surface area contributed by atoms with E-state index < -0.39 is 0 Å². The predicted molar refractivity (Wildman–Crippen MR) is 82.3 cm³/mol. The maximum absolute atomic E-state index is 12.5. The van der Waals surface area contributed by atoms with E-state index in [4.69, 9.17) is 16.3 Å². The standard InChI is InChI=1S/C17H16ClNO2/c1-2-11-4-3-6-19-16(11)15(20)10-13-9-14(18)8-12-5-7-21-17(12)13/h3-4,6,8-9H,2,5,7,10H2,1H3. The van der Waals surface area contributed by atoms with Crippen molar-refractivity contribution in [2.45, 2.75) is 26.2 Å². The molecule has 0 N–H and O–H groups in total. The number of halogens is 1. The van der Waals surface area contributed by atoms with Crippen molar-refractivity contribution < 1.29 is 9.53 Å². The van der Waals surface area contributed by atoms with Gasteiger partial charge in [-0.1, -0.05) is 24.6 Å². The Morgan fingerprint density at radius 3 is 3.05 bits per heavy atom. The molecule has 1 aliphatic rings. The molecule has 1 aliphatic heterocycles. The molecule has 0 bridgehead atoms. The third kappa shape index (κ3) is 2.79. The quantitative estimate of drug-likeness (QED) is 0.809. The summed E-state index contributed by atoms with van der Waals surface area (Å²) in [7, 11) is 0. The number of pyridine rings is 1. The first-order chi connectivity index (χ1) is 10.2. The molecule has 3 rings (SSSR count). The van der Waals surface area contributed by atoms with Crippen LogP contribution in [0.15, 0.2) is 30.5 Å². The summed E-state index contributed by atoms with van der Waals surface area (Å²) < 4.78 is 5.65. The monoisotopic (exact) mass is 301 g/mol. The number of benzene rings is 1. The van der Waals surface area contributed by atoms with Crippen molar-refractivity contribution in [1.29, 1.82) is 0 Å². The summed E-state index contributed by atoms with van der Waals surface area (Å²) in [6.07, 6.45) is 3.57. The van der Waals surface area contributed by atoms with Gasteiger partial charge in [-0.15, -0.1) is 0 Å². The zero-order chi connectivity index (χ0) is 14.8. The molecule has 0 spiro atoms. The fourth-order valence-corrected chi connectivity index (χ4v) is 2.97. The maximum Gasteiger partial charge on any atom is 0.185 e. The molecular formula is C17H16ClNO2. The van der Waals surface area contributed by atoms with Crippen molar-refractivity contribution in [1.82, 2.24) is 4.98 Å². The summed E-state index contributed by atoms with van der Waals surface area (Å²) >= 11 is 6.13. The minimum Gasteiger partial charge on any atom is -0.493 e. The van der Waals surface area contributed by atoms with Crippen LogP contribution in [0.3, 0.4) is 0 Å². The van der Waals surface area contributed by atoms with E-state index in [0.29, 0.717) is 17.3 Å². The van der Waals surface area contributed by atoms with Crippen molar-refractivity contribution in [3.8, 4) is 5.75 Å². The van der Waals surface area contributed by atoms with Crippen LogP contribution in [0, 0.1) is 0 Å². The summed E-state index contributed by atoms with van der Waals surface area (Å²) in [6.45, 7) is 2.68. The number of hydrogen-bond donors (Lipinski definition) is 0. The Morgan fingerprint density at radius 1 is 1.38 bits per heavy atom. The predicted octanol–water partition coefficient (Wildman–Crippen LogP) is 3.66. The van der Waals surface area contributed by atoms with Crippen molar-refractivity contribution in [2.24, 2.45) is 0 Å². The first-order valence-electron chi connectivity index (χ1n) is 7.10. The number of ketones is 1. The van der Waals surface area contributed by atoms with E-state index in [1.807, 2.05) is 31.2 Å². The molecule has 21 heavy (non-hydrogen) atoms. The largest absolute Gasteiger partial charge is 0.493 e. The summed E-state index contributed by atoms with van der Waals surface area (Å²) in [4.78, 5) is 16.8. The summed E-state index contributed by atoms with van der Waals surface area (Å²) in [5.41, 5.74) is 3.46. The first kappa shape index (κ1) is 14.1. The Hall–Kier alpha value is -1.87. The topological polar surface area (TPSA) is 39.2 Å². The molecule has 0 saturated heterocycles. The van der Waals surface area contributed by atoms with Crippen LogP contribution in [0.1, 0.15) is 34.1 Å². The number of carbonyl (C=O) groups excluding carboxylic acids is 1. The number of hydrogen-bond acceptors (Lipinski definition) is 3. The molecule has 1 aromatic heterocycles. The first-order valence-corrected chi connectivity index (χ1v) is 7.48. The van der Waals surface area contributed by atoms with Crippen LogP contribution >= 0.6 is 11.6 Å². The molecule has 0 unspecified atom stereocenters. The summed E-state index contributed by atoms with van der Waals surface area (Å²) in [5, 5.41) is 0.652. The van der Waals surface area contributed by atoms with Crippen LogP contribution in [-0.4, -0.2) is 17.4 Å². The highest BCUT2D eigenvalue weighted by atomic mass is 35.5. The Morgan fingerprint density at radius 2 is 2.24 bits per heavy atom. The number of aryl methyl sites for hydroxylation is 1. The lowest BCUT2D eigenvalue weighted by molar-refractivity contribution is 0.0986. The molecule has 0 radical (unpaired) electrons. The van der Waals surface area contributed by atoms with Crippen molar-refractivity contribution >= 4 is 17.4 Å². The number of aromatic nitrogens is 1. The normalized spacial score (nSPS) is 12.9. The van der Waals surface area contributed by atoms with Crippen LogP contribution < -0.4 is 4.74 Å². The zero-order valence-electron chi connectivity index (χ0n) is 11.9. The number of rotatable bonds is 4. The second-order valence-corrected chi connectivity index (χ2v) is 5.55. The van der Waals surface area contributed by atoms with E-state index in [0.717, 1.165) is 35.3 Å². The fourth-order valence-electron chi connectivity index (χ4n) is 2.71. The fraction of sp³-hybridized carbons (Fsp3) is 0.294. The number of nitrogens with zero attached hydrogens (tertiary/aromatic N) is 1. The molecule has 3 nitrogen and oxygen atoms in total. The van der Waals surface area contributed by atoms with Gasteiger partial charge in [0.05, 0.1) is 6.61 Å². The van der Waals surface area contributed by atoms with Gasteiger partial charge in [-0.3, -0.25) is 9.78 Å². The van der Waals surface area contributed by atoms with Gasteiger partial charge in [0.2, 0.25) is 0 Å². The van der Waals surface area contributed by atoms with Crippen LogP contribution in [0.5, 0.6) is 5.75 Å². The molecule has 0 fully saturated rings. The lowest BCUT2D eigenvalue weighted by atomic mass is 9.99. The van der Waals surface area contributed by atoms with Crippen LogP contribution in [0.2, 0.25) is 5.02 Å². The second-order valence-electron chi connectivity index (χ2n) is 5.12. The van der Waals surface area contributed by atoms with Crippen LogP contribution in [0.4, 0.5) is 0 Å². The minimum absolute atomic E-state index is 0.00687. The van der Waals surface area contributed by atoms with Gasteiger partial charge < -0.3 is 4.74 Å². The van der Waals surface area contributed by atoms with E-state index >= 15 is 0 Å². The SMILES string of the molecule is CCc1cccnc1C(=O)Cc1cc(Cl)cc2c1OCC2. The highest BCUT2D eigenvalue weighted by molar-refractivity contribution is 6.30. The summed E-state index contributed by atoms with van der Waals surface area (Å²) in [6, 6.07) is 7.53. The van der Waals surface area contributed by atoms with Crippen molar-refractivity contribution in [3.63, 3.8) is 0 Å². The van der Waals surface area contributed by atoms with E-state index in [1.165, 1.54) is 0 Å². The van der Waals surface area contributed by atoms with E-state index in [-0.39, 0.29) is 12.2 Å². The molecule has 0 atom stereocenters. The number of fused-ring (bicyclic) bond motifs is 1. The van der Waals surface area contributed by atoms with Crippen LogP contribution in [-0.2, 0) is 19.3 Å². The van der Waals surface area contributed by atoms with Gasteiger partial charge in [0.1, 0.15) is 11.4 Å². The molecule has 0 amide bonds. The lowest BCUT2D eigenvalue weighted by Gasteiger charge is -2.10. The second kappa shape index (κ2) is 5.86. The van der Waals surface area contributed by atoms with Gasteiger partial charge in [-0.2, -0.15) is 0 Å². The zero-order valence-corrected chi connectivity index (χ0v) is 12.6. The maximum atomic E-state index is 12.5. The van der Waals surface area contributed by atoms with E-state index in [1.54, 1.807) is 6.20 Å². The average Bonchev–Trinajstić information content (AvgIpc) is 2.95. The molecule has 0 saturated carbocycles. The Bertz CT molecular complexity index is 697. The highest BCUT2D eigenvalue weighted by Gasteiger charge is 2.21. The van der Waals surface area contributed by atoms with Gasteiger partial charge >= 0.3 is 0 Å². The molecule has 108 valence electrons. The molecule has 2 aromatic rings. The molecular weight excluding hydrogens is 286 g/mol. The van der Waals surface area contributed by atoms with Crippen molar-refractivity contribution in [2.75, 3.05) is 6.61 Å². The Labute approximate surface area is 128 Å². The van der Waals surface area contributed by atoms with Crippen molar-refractivity contribution in [3.05, 3.63) is 57.9 Å². The van der Waals surface area contributed by atoms with Gasteiger partial charge in [-0.25, -0.2) is 0 Å². The molecule has 1 aromatic carbocycles. The highest BCUT2D eigenvalue weighted by Crippen LogP contribution is 2.33. The lowest BCUT2D eigenvalue weighted by Crippen LogP contribution is -2.10.